The van der Waals surface area contributed by atoms with Crippen LogP contribution < -0.4 is 5.14 Å². The molecule has 1 fully saturated rings. The summed E-state index contributed by atoms with van der Waals surface area (Å²) in [5.74, 6) is 0.736. The molecule has 0 bridgehead atoms. The summed E-state index contributed by atoms with van der Waals surface area (Å²) in [6, 6.07) is 0.179. The Morgan fingerprint density at radius 3 is 2.94 bits per heavy atom. The molecule has 6 nitrogen and oxygen atoms in total. The lowest BCUT2D eigenvalue weighted by Gasteiger charge is -2.11. The highest BCUT2D eigenvalue weighted by molar-refractivity contribution is 7.89. The number of imidazole rings is 1. The van der Waals surface area contributed by atoms with Gasteiger partial charge < -0.3 is 9.30 Å². The maximum absolute atomic E-state index is 11.2. The van der Waals surface area contributed by atoms with Crippen LogP contribution in [0.3, 0.4) is 0 Å². The molecular formula is C9H15N3O3S. The second-order valence-corrected chi connectivity index (χ2v) is 5.33. The van der Waals surface area contributed by atoms with Crippen LogP contribution in [0.4, 0.5) is 0 Å². The van der Waals surface area contributed by atoms with E-state index >= 15 is 0 Å². The van der Waals surface area contributed by atoms with Crippen LogP contribution in [-0.4, -0.2) is 31.2 Å². The van der Waals surface area contributed by atoms with E-state index in [4.69, 9.17) is 9.88 Å². The fourth-order valence-corrected chi connectivity index (χ4v) is 2.36. The summed E-state index contributed by atoms with van der Waals surface area (Å²) in [5, 5.41) is 5.00. The molecule has 1 aliphatic rings. The quantitative estimate of drug-likeness (QED) is 0.815. The molecule has 1 aliphatic heterocycles. The van der Waals surface area contributed by atoms with Crippen LogP contribution >= 0.6 is 0 Å². The summed E-state index contributed by atoms with van der Waals surface area (Å²) in [4.78, 5) is 4.04. The summed E-state index contributed by atoms with van der Waals surface area (Å²) < 4.78 is 29.5. The molecule has 7 heteroatoms. The normalized spacial score (nSPS) is 21.5. The SMILES string of the molecule is CCc1nc(S(N)(=O)=O)cn1C1CCOC1. The van der Waals surface area contributed by atoms with Crippen LogP contribution in [0.15, 0.2) is 11.2 Å². The number of ether oxygens (including phenoxy) is 1. The van der Waals surface area contributed by atoms with Crippen molar-refractivity contribution in [1.29, 1.82) is 0 Å². The Kier molecular flexibility index (Phi) is 3.00. The van der Waals surface area contributed by atoms with E-state index in [-0.39, 0.29) is 11.1 Å². The van der Waals surface area contributed by atoms with E-state index in [0.717, 1.165) is 12.2 Å². The first-order chi connectivity index (χ1) is 7.52. The van der Waals surface area contributed by atoms with Crippen molar-refractivity contribution in [3.05, 3.63) is 12.0 Å². The highest BCUT2D eigenvalue weighted by atomic mass is 32.2. The fourth-order valence-electron chi connectivity index (χ4n) is 1.86. The summed E-state index contributed by atoms with van der Waals surface area (Å²) >= 11 is 0. The van der Waals surface area contributed by atoms with Crippen molar-refractivity contribution in [2.45, 2.75) is 30.8 Å². The Balaban J connectivity index is 2.40. The van der Waals surface area contributed by atoms with Gasteiger partial charge in [0.1, 0.15) is 5.82 Å². The van der Waals surface area contributed by atoms with Gasteiger partial charge in [-0.2, -0.15) is 0 Å². The van der Waals surface area contributed by atoms with Crippen LogP contribution in [0, 0.1) is 0 Å². The lowest BCUT2D eigenvalue weighted by Crippen LogP contribution is -2.13. The fraction of sp³-hybridized carbons (Fsp3) is 0.667. The summed E-state index contributed by atoms with van der Waals surface area (Å²) in [6.07, 6.45) is 3.06. The molecule has 0 aromatic carbocycles. The first-order valence-electron chi connectivity index (χ1n) is 5.20. The molecule has 0 saturated carbocycles. The van der Waals surface area contributed by atoms with Gasteiger partial charge in [0.25, 0.3) is 10.0 Å². The summed E-state index contributed by atoms with van der Waals surface area (Å²) in [7, 11) is -3.72. The molecule has 0 aliphatic carbocycles. The maximum atomic E-state index is 11.2. The number of sulfonamides is 1. The predicted octanol–water partition coefficient (Wildman–Crippen LogP) is 0.0543. The number of nitrogens with two attached hydrogens (primary N) is 1. The molecule has 0 radical (unpaired) electrons. The van der Waals surface area contributed by atoms with Gasteiger partial charge in [0, 0.05) is 19.2 Å². The zero-order chi connectivity index (χ0) is 11.8. The monoisotopic (exact) mass is 245 g/mol. The number of hydrogen-bond donors (Lipinski definition) is 1. The minimum absolute atomic E-state index is 0.0590. The van der Waals surface area contributed by atoms with Gasteiger partial charge in [-0.1, -0.05) is 6.92 Å². The molecule has 1 aromatic rings. The van der Waals surface area contributed by atoms with E-state index < -0.39 is 10.0 Å². The molecule has 2 N–H and O–H groups in total. The Morgan fingerprint density at radius 2 is 2.44 bits per heavy atom. The zero-order valence-electron chi connectivity index (χ0n) is 9.09. The Labute approximate surface area is 94.5 Å². The topological polar surface area (TPSA) is 87.2 Å². The molecule has 1 saturated heterocycles. The number of hydrogen-bond acceptors (Lipinski definition) is 4. The molecule has 1 aromatic heterocycles. The Bertz CT molecular complexity index is 474. The average molecular weight is 245 g/mol. The first-order valence-corrected chi connectivity index (χ1v) is 6.75. The minimum atomic E-state index is -3.72. The highest BCUT2D eigenvalue weighted by Gasteiger charge is 2.23. The van der Waals surface area contributed by atoms with E-state index in [9.17, 15) is 8.42 Å². The van der Waals surface area contributed by atoms with E-state index in [2.05, 4.69) is 4.98 Å². The second kappa shape index (κ2) is 4.15. The Hall–Kier alpha value is -0.920. The standard InChI is InChI=1S/C9H15N3O3S/c1-2-8-11-9(16(10,13)14)5-12(8)7-3-4-15-6-7/h5,7H,2-4,6H2,1H3,(H2,10,13,14). The van der Waals surface area contributed by atoms with Crippen molar-refractivity contribution in [2.24, 2.45) is 5.14 Å². The van der Waals surface area contributed by atoms with E-state index in [1.54, 1.807) is 0 Å². The third-order valence-corrected chi connectivity index (χ3v) is 3.47. The largest absolute Gasteiger partial charge is 0.379 e. The van der Waals surface area contributed by atoms with Crippen molar-refractivity contribution in [1.82, 2.24) is 9.55 Å². The molecule has 1 atom stereocenters. The van der Waals surface area contributed by atoms with Gasteiger partial charge in [-0.25, -0.2) is 18.5 Å². The average Bonchev–Trinajstić information content (AvgIpc) is 2.85. The molecule has 90 valence electrons. The van der Waals surface area contributed by atoms with Crippen LogP contribution in [0.1, 0.15) is 25.2 Å². The zero-order valence-corrected chi connectivity index (χ0v) is 9.90. The van der Waals surface area contributed by atoms with Gasteiger partial charge >= 0.3 is 0 Å². The van der Waals surface area contributed by atoms with Gasteiger partial charge in [-0.3, -0.25) is 0 Å². The molecular weight excluding hydrogens is 230 g/mol. The minimum Gasteiger partial charge on any atom is -0.379 e. The highest BCUT2D eigenvalue weighted by Crippen LogP contribution is 2.22. The number of nitrogens with zero attached hydrogens (tertiary/aromatic N) is 2. The van der Waals surface area contributed by atoms with Gasteiger partial charge in [0.05, 0.1) is 12.6 Å². The summed E-state index contributed by atoms with van der Waals surface area (Å²) in [6.45, 7) is 3.24. The number of primary sulfonamides is 1. The van der Waals surface area contributed by atoms with E-state index in [1.807, 2.05) is 11.5 Å². The number of aromatic nitrogens is 2. The third-order valence-electron chi connectivity index (χ3n) is 2.69. The van der Waals surface area contributed by atoms with Crippen LogP contribution in [0.2, 0.25) is 0 Å². The number of aryl methyl sites for hydroxylation is 1. The van der Waals surface area contributed by atoms with Crippen molar-refractivity contribution in [3.63, 3.8) is 0 Å². The van der Waals surface area contributed by atoms with E-state index in [0.29, 0.717) is 19.6 Å². The van der Waals surface area contributed by atoms with Gasteiger partial charge in [-0.15, -0.1) is 0 Å². The van der Waals surface area contributed by atoms with Gasteiger partial charge in [0.2, 0.25) is 0 Å². The van der Waals surface area contributed by atoms with Crippen LogP contribution in [0.5, 0.6) is 0 Å². The number of rotatable bonds is 3. The van der Waals surface area contributed by atoms with Crippen molar-refractivity contribution >= 4 is 10.0 Å². The molecule has 1 unspecified atom stereocenters. The molecule has 2 heterocycles. The third kappa shape index (κ3) is 2.11. The molecule has 0 spiro atoms. The lowest BCUT2D eigenvalue weighted by molar-refractivity contribution is 0.186. The second-order valence-electron chi connectivity index (χ2n) is 3.82. The summed E-state index contributed by atoms with van der Waals surface area (Å²) in [5.41, 5.74) is 0. The molecule has 2 rings (SSSR count). The smallest absolute Gasteiger partial charge is 0.257 e. The van der Waals surface area contributed by atoms with Gasteiger partial charge in [-0.05, 0) is 6.42 Å². The van der Waals surface area contributed by atoms with Crippen molar-refractivity contribution < 1.29 is 13.2 Å². The molecule has 0 amide bonds. The van der Waals surface area contributed by atoms with Crippen LogP contribution in [0.25, 0.3) is 0 Å². The van der Waals surface area contributed by atoms with Gasteiger partial charge in [0.15, 0.2) is 5.03 Å². The van der Waals surface area contributed by atoms with Crippen molar-refractivity contribution in [3.8, 4) is 0 Å². The maximum Gasteiger partial charge on any atom is 0.257 e. The lowest BCUT2D eigenvalue weighted by atomic mass is 10.2. The van der Waals surface area contributed by atoms with Crippen molar-refractivity contribution in [2.75, 3.05) is 13.2 Å². The predicted molar refractivity (Wildman–Crippen MR) is 57.5 cm³/mol. The first kappa shape index (κ1) is 11.6. The molecule has 16 heavy (non-hydrogen) atoms. The Morgan fingerprint density at radius 1 is 1.69 bits per heavy atom. The van der Waals surface area contributed by atoms with Crippen LogP contribution in [-0.2, 0) is 21.2 Å². The van der Waals surface area contributed by atoms with E-state index in [1.165, 1.54) is 6.20 Å².